The second-order valence-corrected chi connectivity index (χ2v) is 4.71. The van der Waals surface area contributed by atoms with Crippen molar-refractivity contribution in [3.8, 4) is 6.07 Å². The highest BCUT2D eigenvalue weighted by molar-refractivity contribution is 4.97. The fraction of sp³-hybridized carbons (Fsp3) is 0.769. The molecule has 1 aromatic rings. The van der Waals surface area contributed by atoms with Crippen LogP contribution in [0.5, 0.6) is 0 Å². The lowest BCUT2D eigenvalue weighted by atomic mass is 10.1. The van der Waals surface area contributed by atoms with Crippen LogP contribution in [-0.4, -0.2) is 16.7 Å². The summed E-state index contributed by atoms with van der Waals surface area (Å²) in [5.74, 6) is 1.60. The Bertz CT molecular complexity index is 395. The Kier molecular flexibility index (Phi) is 5.79. The molecular formula is C13H21N3O2. The highest BCUT2D eigenvalue weighted by Crippen LogP contribution is 2.26. The molecule has 18 heavy (non-hydrogen) atoms. The van der Waals surface area contributed by atoms with Crippen LogP contribution in [0.15, 0.2) is 4.52 Å². The first kappa shape index (κ1) is 14.7. The Morgan fingerprint density at radius 3 is 2.67 bits per heavy atom. The highest BCUT2D eigenvalue weighted by atomic mass is 16.5. The summed E-state index contributed by atoms with van der Waals surface area (Å²) in [6.07, 6.45) is 1.10. The van der Waals surface area contributed by atoms with Gasteiger partial charge in [0.1, 0.15) is 6.10 Å². The Balaban J connectivity index is 2.74. The van der Waals surface area contributed by atoms with Gasteiger partial charge in [-0.25, -0.2) is 0 Å². The Morgan fingerprint density at radius 1 is 1.39 bits per heavy atom. The van der Waals surface area contributed by atoms with Crippen LogP contribution >= 0.6 is 0 Å². The third-order valence-electron chi connectivity index (χ3n) is 2.77. The SMILES string of the molecule is CCOC(c1noc(C(C)CCC#N)n1)C(C)C. The zero-order valence-electron chi connectivity index (χ0n) is 11.5. The number of hydrogen-bond acceptors (Lipinski definition) is 5. The molecule has 5 heteroatoms. The highest BCUT2D eigenvalue weighted by Gasteiger charge is 2.23. The molecule has 1 rings (SSSR count). The summed E-state index contributed by atoms with van der Waals surface area (Å²) in [6, 6.07) is 2.12. The molecule has 0 amide bonds. The lowest BCUT2D eigenvalue weighted by Gasteiger charge is -2.16. The zero-order chi connectivity index (χ0) is 13.5. The van der Waals surface area contributed by atoms with Crippen molar-refractivity contribution in [2.75, 3.05) is 6.61 Å². The molecular weight excluding hydrogens is 230 g/mol. The summed E-state index contributed by atoms with van der Waals surface area (Å²) >= 11 is 0. The van der Waals surface area contributed by atoms with E-state index in [4.69, 9.17) is 14.5 Å². The van der Waals surface area contributed by atoms with Gasteiger partial charge >= 0.3 is 0 Å². The third kappa shape index (κ3) is 3.81. The molecule has 0 aliphatic carbocycles. The third-order valence-corrected chi connectivity index (χ3v) is 2.77. The predicted octanol–water partition coefficient (Wildman–Crippen LogP) is 3.21. The van der Waals surface area contributed by atoms with E-state index in [1.54, 1.807) is 0 Å². The lowest BCUT2D eigenvalue weighted by Crippen LogP contribution is -2.13. The van der Waals surface area contributed by atoms with Crippen LogP contribution in [0.3, 0.4) is 0 Å². The molecule has 2 unspecified atom stereocenters. The van der Waals surface area contributed by atoms with E-state index in [2.05, 4.69) is 30.1 Å². The van der Waals surface area contributed by atoms with Crippen LogP contribution in [0.2, 0.25) is 0 Å². The van der Waals surface area contributed by atoms with Gasteiger partial charge in [-0.1, -0.05) is 25.9 Å². The van der Waals surface area contributed by atoms with Crippen molar-refractivity contribution in [3.05, 3.63) is 11.7 Å². The van der Waals surface area contributed by atoms with Crippen molar-refractivity contribution in [2.45, 2.75) is 52.6 Å². The van der Waals surface area contributed by atoms with E-state index in [1.807, 2.05) is 13.8 Å². The van der Waals surface area contributed by atoms with Gasteiger partial charge in [-0.15, -0.1) is 0 Å². The van der Waals surface area contributed by atoms with Gasteiger partial charge in [0.25, 0.3) is 0 Å². The minimum absolute atomic E-state index is 0.111. The number of nitriles is 1. The maximum Gasteiger partial charge on any atom is 0.229 e. The van der Waals surface area contributed by atoms with E-state index in [9.17, 15) is 0 Å². The molecule has 1 heterocycles. The molecule has 5 nitrogen and oxygen atoms in total. The number of rotatable bonds is 7. The quantitative estimate of drug-likeness (QED) is 0.744. The molecule has 0 fully saturated rings. The second-order valence-electron chi connectivity index (χ2n) is 4.71. The Labute approximate surface area is 108 Å². The fourth-order valence-corrected chi connectivity index (χ4v) is 1.71. The molecule has 0 saturated heterocycles. The molecule has 0 aliphatic rings. The van der Waals surface area contributed by atoms with Crippen molar-refractivity contribution in [1.82, 2.24) is 10.1 Å². The summed E-state index contributed by atoms with van der Waals surface area (Å²) in [4.78, 5) is 4.39. The van der Waals surface area contributed by atoms with Gasteiger partial charge < -0.3 is 9.26 Å². The van der Waals surface area contributed by atoms with Crippen molar-refractivity contribution < 1.29 is 9.26 Å². The van der Waals surface area contributed by atoms with E-state index < -0.39 is 0 Å². The molecule has 2 atom stereocenters. The molecule has 1 aromatic heterocycles. The first-order chi connectivity index (χ1) is 8.60. The van der Waals surface area contributed by atoms with Crippen molar-refractivity contribution >= 4 is 0 Å². The summed E-state index contributed by atoms with van der Waals surface area (Å²) < 4.78 is 10.9. The number of nitrogens with zero attached hydrogens (tertiary/aromatic N) is 3. The van der Waals surface area contributed by atoms with Gasteiger partial charge in [-0.2, -0.15) is 10.2 Å². The van der Waals surface area contributed by atoms with Crippen LogP contribution in [0.25, 0.3) is 0 Å². The van der Waals surface area contributed by atoms with Gasteiger partial charge in [0.15, 0.2) is 0 Å². The molecule has 0 N–H and O–H groups in total. The monoisotopic (exact) mass is 251 g/mol. The number of ether oxygens (including phenoxy) is 1. The van der Waals surface area contributed by atoms with E-state index in [0.717, 1.165) is 6.42 Å². The largest absolute Gasteiger partial charge is 0.370 e. The standard InChI is InChI=1S/C13H21N3O2/c1-5-17-11(9(2)3)12-15-13(18-16-12)10(4)7-6-8-14/h9-11H,5-7H2,1-4H3. The van der Waals surface area contributed by atoms with Gasteiger partial charge in [0, 0.05) is 18.9 Å². The molecule has 0 spiro atoms. The lowest BCUT2D eigenvalue weighted by molar-refractivity contribution is 0.0217. The molecule has 0 aliphatic heterocycles. The van der Waals surface area contributed by atoms with E-state index >= 15 is 0 Å². The Hall–Kier alpha value is -1.41. The van der Waals surface area contributed by atoms with Crippen molar-refractivity contribution in [1.29, 1.82) is 5.26 Å². The number of hydrogen-bond donors (Lipinski definition) is 0. The van der Waals surface area contributed by atoms with E-state index in [-0.39, 0.29) is 12.0 Å². The van der Waals surface area contributed by atoms with Gasteiger partial charge in [0.2, 0.25) is 11.7 Å². The Morgan fingerprint density at radius 2 is 2.11 bits per heavy atom. The molecule has 0 radical (unpaired) electrons. The van der Waals surface area contributed by atoms with Crippen LogP contribution in [0.4, 0.5) is 0 Å². The van der Waals surface area contributed by atoms with Crippen LogP contribution in [0.1, 0.15) is 64.3 Å². The summed E-state index contributed by atoms with van der Waals surface area (Å²) in [6.45, 7) is 8.69. The molecule has 0 saturated carbocycles. The topological polar surface area (TPSA) is 71.9 Å². The van der Waals surface area contributed by atoms with Crippen molar-refractivity contribution in [3.63, 3.8) is 0 Å². The van der Waals surface area contributed by atoms with Crippen LogP contribution in [-0.2, 0) is 4.74 Å². The first-order valence-electron chi connectivity index (χ1n) is 6.42. The minimum atomic E-state index is -0.129. The van der Waals surface area contributed by atoms with Crippen LogP contribution < -0.4 is 0 Å². The van der Waals surface area contributed by atoms with E-state index in [0.29, 0.717) is 30.7 Å². The molecule has 0 aromatic carbocycles. The van der Waals surface area contributed by atoms with Gasteiger partial charge in [0.05, 0.1) is 6.07 Å². The smallest absolute Gasteiger partial charge is 0.229 e. The van der Waals surface area contributed by atoms with Crippen molar-refractivity contribution in [2.24, 2.45) is 5.92 Å². The predicted molar refractivity (Wildman–Crippen MR) is 66.8 cm³/mol. The average Bonchev–Trinajstić information content (AvgIpc) is 2.81. The molecule has 100 valence electrons. The van der Waals surface area contributed by atoms with Gasteiger partial charge in [-0.05, 0) is 19.3 Å². The maximum atomic E-state index is 8.56. The van der Waals surface area contributed by atoms with Crippen LogP contribution in [0, 0.1) is 17.2 Å². The average molecular weight is 251 g/mol. The minimum Gasteiger partial charge on any atom is -0.370 e. The number of aromatic nitrogens is 2. The summed E-state index contributed by atoms with van der Waals surface area (Å²) in [5.41, 5.74) is 0. The normalized spacial score (nSPS) is 14.4. The first-order valence-corrected chi connectivity index (χ1v) is 6.42. The second kappa shape index (κ2) is 7.12. The zero-order valence-corrected chi connectivity index (χ0v) is 11.5. The maximum absolute atomic E-state index is 8.56. The fourth-order valence-electron chi connectivity index (χ4n) is 1.71. The van der Waals surface area contributed by atoms with E-state index in [1.165, 1.54) is 0 Å². The summed E-state index contributed by atoms with van der Waals surface area (Å²) in [5, 5.41) is 12.6. The van der Waals surface area contributed by atoms with Gasteiger partial charge in [-0.3, -0.25) is 0 Å². The molecule has 0 bridgehead atoms. The summed E-state index contributed by atoms with van der Waals surface area (Å²) in [7, 11) is 0.